The van der Waals surface area contributed by atoms with Gasteiger partial charge in [0, 0.05) is 5.33 Å². The van der Waals surface area contributed by atoms with Crippen molar-refractivity contribution in [3.05, 3.63) is 59.2 Å². The molecule has 27 heavy (non-hydrogen) atoms. The van der Waals surface area contributed by atoms with E-state index in [9.17, 15) is 31.4 Å². The summed E-state index contributed by atoms with van der Waals surface area (Å²) in [6, 6.07) is 7.61. The molecule has 8 heteroatoms. The van der Waals surface area contributed by atoms with E-state index in [1.165, 1.54) is 12.1 Å². The molecule has 0 aliphatic rings. The summed E-state index contributed by atoms with van der Waals surface area (Å²) in [4.78, 5) is 0. The minimum atomic E-state index is -4.62. The fraction of sp³-hybridized carbons (Fsp3) is 0.263. The van der Waals surface area contributed by atoms with Crippen LogP contribution in [0.25, 0.3) is 21.5 Å². The Hall–Kier alpha value is -1.80. The van der Waals surface area contributed by atoms with E-state index in [1.54, 1.807) is 6.07 Å². The van der Waals surface area contributed by atoms with Crippen LogP contribution in [0.2, 0.25) is 0 Å². The first-order valence-electron chi connectivity index (χ1n) is 7.88. The number of hydrogen-bond donors (Lipinski definition) is 1. The Morgan fingerprint density at radius 3 is 1.89 bits per heavy atom. The third-order valence-corrected chi connectivity index (χ3v) is 5.07. The lowest BCUT2D eigenvalue weighted by Crippen LogP contribution is -2.12. The summed E-state index contributed by atoms with van der Waals surface area (Å²) in [7, 11) is 0. The van der Waals surface area contributed by atoms with Gasteiger partial charge in [0.15, 0.2) is 0 Å². The summed E-state index contributed by atoms with van der Waals surface area (Å²) in [6.07, 6.45) is -9.84. The lowest BCUT2D eigenvalue weighted by Gasteiger charge is -2.16. The minimum absolute atomic E-state index is 0.0743. The standard InChI is InChI=1S/C19H13BrF6O/c20-9-14(27)6-11-5-10-1-2-12(18(21,22)23)7-16(10)17-8-13(19(24,25)26)3-4-15(11)17/h1-5,7-8,14,27H,6,9H2/t14-/m0/s1. The number of benzene rings is 3. The van der Waals surface area contributed by atoms with E-state index < -0.39 is 29.6 Å². The van der Waals surface area contributed by atoms with Gasteiger partial charge in [-0.1, -0.05) is 34.1 Å². The molecule has 0 radical (unpaired) electrons. The van der Waals surface area contributed by atoms with Crippen molar-refractivity contribution in [1.82, 2.24) is 0 Å². The summed E-state index contributed by atoms with van der Waals surface area (Å²) < 4.78 is 78.6. The van der Waals surface area contributed by atoms with Crippen LogP contribution in [0.15, 0.2) is 42.5 Å². The molecule has 144 valence electrons. The third-order valence-electron chi connectivity index (χ3n) is 4.33. The molecule has 0 amide bonds. The van der Waals surface area contributed by atoms with Crippen LogP contribution in [0, 0.1) is 0 Å². The molecule has 1 nitrogen and oxygen atoms in total. The van der Waals surface area contributed by atoms with Gasteiger partial charge in [0.05, 0.1) is 17.2 Å². The molecule has 0 aliphatic heterocycles. The fourth-order valence-electron chi connectivity index (χ4n) is 3.06. The highest BCUT2D eigenvalue weighted by molar-refractivity contribution is 9.09. The summed E-state index contributed by atoms with van der Waals surface area (Å²) in [6.45, 7) is 0. The number of fused-ring (bicyclic) bond motifs is 3. The highest BCUT2D eigenvalue weighted by Gasteiger charge is 2.32. The van der Waals surface area contributed by atoms with Crippen molar-refractivity contribution in [2.75, 3.05) is 5.33 Å². The summed E-state index contributed by atoms with van der Waals surface area (Å²) in [5.74, 6) is 0. The van der Waals surface area contributed by atoms with Crippen LogP contribution in [-0.2, 0) is 18.8 Å². The SMILES string of the molecule is O[C@H](CBr)Cc1cc2ccc(C(F)(F)F)cc2c2cc(C(F)(F)F)ccc12. The zero-order chi connectivity index (χ0) is 20.0. The molecule has 3 aromatic rings. The molecule has 0 spiro atoms. The zero-order valence-corrected chi connectivity index (χ0v) is 15.2. The molecule has 1 N–H and O–H groups in total. The number of halogens is 7. The van der Waals surface area contributed by atoms with Crippen LogP contribution >= 0.6 is 15.9 Å². The highest BCUT2D eigenvalue weighted by atomic mass is 79.9. The predicted molar refractivity (Wildman–Crippen MR) is 95.0 cm³/mol. The first-order chi connectivity index (χ1) is 12.5. The van der Waals surface area contributed by atoms with E-state index in [0.29, 0.717) is 16.3 Å². The lowest BCUT2D eigenvalue weighted by molar-refractivity contribution is -0.138. The first-order valence-corrected chi connectivity index (χ1v) is 9.00. The molecule has 1 atom stereocenters. The molecule has 3 rings (SSSR count). The number of aliphatic hydroxyl groups is 1. The van der Waals surface area contributed by atoms with E-state index in [2.05, 4.69) is 15.9 Å². The maximum absolute atomic E-state index is 13.1. The van der Waals surface area contributed by atoms with Crippen molar-refractivity contribution in [2.24, 2.45) is 0 Å². The van der Waals surface area contributed by atoms with Gasteiger partial charge in [-0.05, 0) is 57.8 Å². The molecule has 0 saturated heterocycles. The Morgan fingerprint density at radius 2 is 1.33 bits per heavy atom. The molecule has 0 bridgehead atoms. The van der Waals surface area contributed by atoms with E-state index in [0.717, 1.165) is 24.3 Å². The zero-order valence-electron chi connectivity index (χ0n) is 13.6. The Morgan fingerprint density at radius 1 is 0.778 bits per heavy atom. The Bertz CT molecular complexity index is 993. The van der Waals surface area contributed by atoms with Gasteiger partial charge in [-0.25, -0.2) is 0 Å². The minimum Gasteiger partial charge on any atom is -0.392 e. The van der Waals surface area contributed by atoms with Gasteiger partial charge in [0.1, 0.15) is 0 Å². The number of rotatable bonds is 3. The van der Waals surface area contributed by atoms with Crippen LogP contribution in [0.5, 0.6) is 0 Å². The average Bonchev–Trinajstić information content (AvgIpc) is 2.59. The van der Waals surface area contributed by atoms with E-state index in [1.807, 2.05) is 0 Å². The van der Waals surface area contributed by atoms with E-state index in [4.69, 9.17) is 0 Å². The third kappa shape index (κ3) is 4.06. The quantitative estimate of drug-likeness (QED) is 0.281. The highest BCUT2D eigenvalue weighted by Crippen LogP contribution is 2.38. The van der Waals surface area contributed by atoms with Crippen molar-refractivity contribution in [1.29, 1.82) is 0 Å². The van der Waals surface area contributed by atoms with E-state index >= 15 is 0 Å². The van der Waals surface area contributed by atoms with Gasteiger partial charge in [0.2, 0.25) is 0 Å². The molecule has 0 aliphatic carbocycles. The van der Waals surface area contributed by atoms with Crippen LogP contribution in [0.4, 0.5) is 26.3 Å². The topological polar surface area (TPSA) is 20.2 Å². The van der Waals surface area contributed by atoms with Crippen LogP contribution in [-0.4, -0.2) is 16.5 Å². The Balaban J connectivity index is 2.36. The second-order valence-corrected chi connectivity index (χ2v) is 6.89. The monoisotopic (exact) mass is 450 g/mol. The summed E-state index contributed by atoms with van der Waals surface area (Å²) >= 11 is 3.13. The van der Waals surface area contributed by atoms with Crippen molar-refractivity contribution in [3.63, 3.8) is 0 Å². The van der Waals surface area contributed by atoms with Gasteiger partial charge in [-0.2, -0.15) is 26.3 Å². The van der Waals surface area contributed by atoms with Crippen molar-refractivity contribution in [3.8, 4) is 0 Å². The molecule has 0 aromatic heterocycles. The number of aliphatic hydroxyl groups excluding tert-OH is 1. The molecular weight excluding hydrogens is 438 g/mol. The maximum atomic E-state index is 13.1. The summed E-state index contributed by atoms with van der Waals surface area (Å²) in [5.41, 5.74) is -1.30. The predicted octanol–water partition coefficient (Wildman–Crippen LogP) is 6.33. The smallest absolute Gasteiger partial charge is 0.392 e. The Labute approximate surface area is 158 Å². The largest absolute Gasteiger partial charge is 0.416 e. The van der Waals surface area contributed by atoms with Crippen LogP contribution < -0.4 is 0 Å². The summed E-state index contributed by atoms with van der Waals surface area (Å²) in [5, 5.41) is 11.1. The fourth-order valence-corrected chi connectivity index (χ4v) is 3.29. The van der Waals surface area contributed by atoms with Gasteiger partial charge in [0.25, 0.3) is 0 Å². The van der Waals surface area contributed by atoms with Crippen LogP contribution in [0.3, 0.4) is 0 Å². The number of alkyl halides is 7. The van der Waals surface area contributed by atoms with E-state index in [-0.39, 0.29) is 22.5 Å². The second kappa shape index (κ2) is 6.98. The molecular formula is C19H13BrF6O. The Kier molecular flexibility index (Phi) is 5.16. The number of hydrogen-bond acceptors (Lipinski definition) is 1. The molecule has 3 aromatic carbocycles. The maximum Gasteiger partial charge on any atom is 0.416 e. The van der Waals surface area contributed by atoms with Gasteiger partial charge in [-0.3, -0.25) is 0 Å². The lowest BCUT2D eigenvalue weighted by atomic mass is 9.92. The normalized spacial score (nSPS) is 14.1. The molecule has 0 fully saturated rings. The van der Waals surface area contributed by atoms with Crippen molar-refractivity contribution < 1.29 is 31.4 Å². The second-order valence-electron chi connectivity index (χ2n) is 6.24. The van der Waals surface area contributed by atoms with Crippen molar-refractivity contribution in [2.45, 2.75) is 24.9 Å². The first kappa shape index (κ1) is 19.9. The van der Waals surface area contributed by atoms with Crippen molar-refractivity contribution >= 4 is 37.5 Å². The molecule has 0 unspecified atom stereocenters. The van der Waals surface area contributed by atoms with Gasteiger partial charge in [-0.15, -0.1) is 0 Å². The molecule has 0 saturated carbocycles. The van der Waals surface area contributed by atoms with Gasteiger partial charge >= 0.3 is 12.4 Å². The average molecular weight is 451 g/mol. The molecule has 0 heterocycles. The van der Waals surface area contributed by atoms with Gasteiger partial charge < -0.3 is 5.11 Å². The van der Waals surface area contributed by atoms with Crippen LogP contribution in [0.1, 0.15) is 16.7 Å².